The maximum absolute atomic E-state index is 12.6. The van der Waals surface area contributed by atoms with E-state index < -0.39 is 5.54 Å². The summed E-state index contributed by atoms with van der Waals surface area (Å²) in [4.78, 5) is 30.4. The molecule has 104 valence electrons. The molecule has 5 nitrogen and oxygen atoms in total. The van der Waals surface area contributed by atoms with Crippen molar-refractivity contribution in [1.82, 2.24) is 4.90 Å². The third-order valence-electron chi connectivity index (χ3n) is 3.80. The van der Waals surface area contributed by atoms with Crippen LogP contribution in [0.3, 0.4) is 0 Å². The second-order valence-corrected chi connectivity index (χ2v) is 4.88. The second kappa shape index (κ2) is 4.44. The van der Waals surface area contributed by atoms with E-state index in [9.17, 15) is 9.59 Å². The Hall–Kier alpha value is -2.17. The molecule has 2 aliphatic rings. The SMILES string of the molecule is CCOC1=NC2(CC(=O)N(CC)C2=O)c2ccccc21. The van der Waals surface area contributed by atoms with Crippen LogP contribution in [0.25, 0.3) is 0 Å². The molecule has 5 heteroatoms. The van der Waals surface area contributed by atoms with Gasteiger partial charge in [0.15, 0.2) is 5.54 Å². The van der Waals surface area contributed by atoms with Crippen LogP contribution in [-0.4, -0.2) is 35.8 Å². The average Bonchev–Trinajstić information content (AvgIpc) is 2.88. The summed E-state index contributed by atoms with van der Waals surface area (Å²) in [6.07, 6.45) is 0.0905. The number of nitrogens with zero attached hydrogens (tertiary/aromatic N) is 2. The lowest BCUT2D eigenvalue weighted by molar-refractivity contribution is -0.139. The number of benzene rings is 1. The summed E-state index contributed by atoms with van der Waals surface area (Å²) < 4.78 is 5.54. The molecule has 1 aromatic rings. The Morgan fingerprint density at radius 1 is 1.30 bits per heavy atom. The molecule has 1 aromatic carbocycles. The molecule has 0 radical (unpaired) electrons. The van der Waals surface area contributed by atoms with E-state index >= 15 is 0 Å². The predicted octanol–water partition coefficient (Wildman–Crippen LogP) is 1.46. The highest BCUT2D eigenvalue weighted by Crippen LogP contribution is 2.44. The van der Waals surface area contributed by atoms with Crippen LogP contribution in [0.4, 0.5) is 0 Å². The number of amides is 2. The number of rotatable bonds is 2. The summed E-state index contributed by atoms with van der Waals surface area (Å²) >= 11 is 0. The van der Waals surface area contributed by atoms with E-state index in [1.165, 1.54) is 4.90 Å². The number of ether oxygens (including phenoxy) is 1. The fraction of sp³-hybridized carbons (Fsp3) is 0.400. The Morgan fingerprint density at radius 2 is 2.05 bits per heavy atom. The maximum atomic E-state index is 12.6. The van der Waals surface area contributed by atoms with Gasteiger partial charge in [-0.3, -0.25) is 14.5 Å². The first-order chi connectivity index (χ1) is 9.64. The number of likely N-dealkylation sites (tertiary alicyclic amines) is 1. The van der Waals surface area contributed by atoms with Crippen molar-refractivity contribution in [3.8, 4) is 0 Å². The van der Waals surface area contributed by atoms with E-state index in [-0.39, 0.29) is 18.2 Å². The number of hydrogen-bond acceptors (Lipinski definition) is 4. The normalized spacial score (nSPS) is 24.3. The van der Waals surface area contributed by atoms with Gasteiger partial charge in [0.05, 0.1) is 13.0 Å². The Labute approximate surface area is 117 Å². The Bertz CT molecular complexity index is 623. The van der Waals surface area contributed by atoms with Crippen LogP contribution in [0.15, 0.2) is 29.3 Å². The minimum Gasteiger partial charge on any atom is -0.478 e. The van der Waals surface area contributed by atoms with Crippen LogP contribution in [0.1, 0.15) is 31.4 Å². The summed E-state index contributed by atoms with van der Waals surface area (Å²) in [7, 11) is 0. The van der Waals surface area contributed by atoms with Gasteiger partial charge in [-0.2, -0.15) is 0 Å². The van der Waals surface area contributed by atoms with Crippen molar-refractivity contribution in [3.63, 3.8) is 0 Å². The molecule has 1 spiro atoms. The fourth-order valence-corrected chi connectivity index (χ4v) is 2.91. The zero-order valence-corrected chi connectivity index (χ0v) is 11.5. The van der Waals surface area contributed by atoms with Crippen molar-refractivity contribution >= 4 is 17.7 Å². The average molecular weight is 272 g/mol. The molecular weight excluding hydrogens is 256 g/mol. The van der Waals surface area contributed by atoms with Crippen LogP contribution in [0, 0.1) is 0 Å². The molecule has 2 heterocycles. The van der Waals surface area contributed by atoms with Crippen molar-refractivity contribution < 1.29 is 14.3 Å². The predicted molar refractivity (Wildman–Crippen MR) is 73.3 cm³/mol. The van der Waals surface area contributed by atoms with E-state index in [4.69, 9.17) is 4.74 Å². The Kier molecular flexibility index (Phi) is 2.85. The minimum atomic E-state index is -1.10. The Morgan fingerprint density at radius 3 is 2.70 bits per heavy atom. The third kappa shape index (κ3) is 1.52. The van der Waals surface area contributed by atoms with Crippen molar-refractivity contribution in [1.29, 1.82) is 0 Å². The second-order valence-electron chi connectivity index (χ2n) is 4.88. The number of fused-ring (bicyclic) bond motifs is 2. The monoisotopic (exact) mass is 272 g/mol. The van der Waals surface area contributed by atoms with Crippen molar-refractivity contribution in [2.24, 2.45) is 4.99 Å². The lowest BCUT2D eigenvalue weighted by atomic mass is 9.88. The van der Waals surface area contributed by atoms with Crippen molar-refractivity contribution in [2.75, 3.05) is 13.2 Å². The summed E-state index contributed by atoms with van der Waals surface area (Å²) in [5.41, 5.74) is 0.486. The van der Waals surface area contributed by atoms with E-state index in [1.54, 1.807) is 6.92 Å². The maximum Gasteiger partial charge on any atom is 0.262 e. The molecule has 2 amide bonds. The molecule has 0 N–H and O–H groups in total. The number of imide groups is 1. The molecule has 1 atom stereocenters. The number of hydrogen-bond donors (Lipinski definition) is 0. The largest absolute Gasteiger partial charge is 0.478 e. The van der Waals surface area contributed by atoms with Gasteiger partial charge in [0.1, 0.15) is 0 Å². The first-order valence-corrected chi connectivity index (χ1v) is 6.81. The van der Waals surface area contributed by atoms with Gasteiger partial charge in [0, 0.05) is 17.7 Å². The molecule has 2 aliphatic heterocycles. The first kappa shape index (κ1) is 12.8. The zero-order chi connectivity index (χ0) is 14.3. The van der Waals surface area contributed by atoms with Crippen LogP contribution in [-0.2, 0) is 19.9 Å². The molecule has 1 saturated heterocycles. The highest BCUT2D eigenvalue weighted by Gasteiger charge is 2.56. The Balaban J connectivity index is 2.15. The molecule has 3 rings (SSSR count). The van der Waals surface area contributed by atoms with Gasteiger partial charge < -0.3 is 4.74 Å². The van der Waals surface area contributed by atoms with Gasteiger partial charge in [-0.1, -0.05) is 18.2 Å². The summed E-state index contributed by atoms with van der Waals surface area (Å²) in [6, 6.07) is 7.47. The van der Waals surface area contributed by atoms with Crippen LogP contribution < -0.4 is 0 Å². The number of carbonyl (C=O) groups is 2. The number of aliphatic imine (C=N–C) groups is 1. The highest BCUT2D eigenvalue weighted by atomic mass is 16.5. The summed E-state index contributed by atoms with van der Waals surface area (Å²) in [5.74, 6) is 0.0446. The quantitative estimate of drug-likeness (QED) is 0.766. The van der Waals surface area contributed by atoms with Gasteiger partial charge in [-0.15, -0.1) is 0 Å². The smallest absolute Gasteiger partial charge is 0.262 e. The summed E-state index contributed by atoms with van der Waals surface area (Å²) in [5, 5.41) is 0. The van der Waals surface area contributed by atoms with Gasteiger partial charge in [-0.25, -0.2) is 4.99 Å². The van der Waals surface area contributed by atoms with E-state index in [0.717, 1.165) is 11.1 Å². The molecule has 0 saturated carbocycles. The van der Waals surface area contributed by atoms with Crippen LogP contribution in [0.2, 0.25) is 0 Å². The lowest BCUT2D eigenvalue weighted by Gasteiger charge is -2.19. The molecule has 0 aromatic heterocycles. The molecule has 1 unspecified atom stereocenters. The van der Waals surface area contributed by atoms with E-state index in [1.807, 2.05) is 31.2 Å². The standard InChI is InChI=1S/C15H16N2O3/c1-3-17-12(18)9-15(14(17)19)11-8-6-5-7-10(11)13(16-15)20-4-2/h5-8H,3-4,9H2,1-2H3. The van der Waals surface area contributed by atoms with Crippen LogP contribution in [0.5, 0.6) is 0 Å². The van der Waals surface area contributed by atoms with Crippen LogP contribution >= 0.6 is 0 Å². The van der Waals surface area contributed by atoms with Crippen molar-refractivity contribution in [3.05, 3.63) is 35.4 Å². The molecule has 0 aliphatic carbocycles. The first-order valence-electron chi connectivity index (χ1n) is 6.81. The minimum absolute atomic E-state index is 0.0905. The number of carbonyl (C=O) groups excluding carboxylic acids is 2. The van der Waals surface area contributed by atoms with E-state index in [0.29, 0.717) is 19.0 Å². The fourth-order valence-electron chi connectivity index (χ4n) is 2.91. The van der Waals surface area contributed by atoms with Crippen molar-refractivity contribution in [2.45, 2.75) is 25.8 Å². The lowest BCUT2D eigenvalue weighted by Crippen LogP contribution is -2.36. The molecule has 20 heavy (non-hydrogen) atoms. The highest BCUT2D eigenvalue weighted by molar-refractivity contribution is 6.14. The van der Waals surface area contributed by atoms with E-state index in [2.05, 4.69) is 4.99 Å². The van der Waals surface area contributed by atoms with Gasteiger partial charge in [0.2, 0.25) is 11.8 Å². The molecule has 1 fully saturated rings. The number of likely N-dealkylation sites (N-methyl/N-ethyl adjacent to an activating group) is 1. The molecule has 0 bridgehead atoms. The van der Waals surface area contributed by atoms with Gasteiger partial charge >= 0.3 is 0 Å². The van der Waals surface area contributed by atoms with Gasteiger partial charge in [-0.05, 0) is 19.9 Å². The zero-order valence-electron chi connectivity index (χ0n) is 11.5. The summed E-state index contributed by atoms with van der Waals surface area (Å²) in [6.45, 7) is 4.52. The third-order valence-corrected chi connectivity index (χ3v) is 3.80. The topological polar surface area (TPSA) is 59.0 Å². The van der Waals surface area contributed by atoms with Gasteiger partial charge in [0.25, 0.3) is 5.91 Å². The molecular formula is C15H16N2O3.